The molecule has 0 aliphatic heterocycles. The van der Waals surface area contributed by atoms with Gasteiger partial charge in [-0.2, -0.15) is 0 Å². The SMILES string of the molecule is Nc1ccc(CNC2CC2)c(F)c1. The Morgan fingerprint density at radius 1 is 1.46 bits per heavy atom. The van der Waals surface area contributed by atoms with Crippen molar-refractivity contribution in [1.29, 1.82) is 0 Å². The first-order valence-electron chi connectivity index (χ1n) is 4.53. The van der Waals surface area contributed by atoms with Gasteiger partial charge in [0.1, 0.15) is 5.82 Å². The Labute approximate surface area is 76.9 Å². The Hall–Kier alpha value is -1.09. The molecule has 0 radical (unpaired) electrons. The fraction of sp³-hybridized carbons (Fsp3) is 0.400. The summed E-state index contributed by atoms with van der Waals surface area (Å²) in [6.07, 6.45) is 2.44. The fourth-order valence-electron chi connectivity index (χ4n) is 1.25. The summed E-state index contributed by atoms with van der Waals surface area (Å²) in [7, 11) is 0. The normalized spacial score (nSPS) is 16.1. The molecular formula is C10H13FN2. The van der Waals surface area contributed by atoms with Crippen molar-refractivity contribution in [2.75, 3.05) is 5.73 Å². The third kappa shape index (κ3) is 2.18. The number of hydrogen-bond donors (Lipinski definition) is 2. The highest BCUT2D eigenvalue weighted by atomic mass is 19.1. The van der Waals surface area contributed by atoms with E-state index in [1.807, 2.05) is 0 Å². The minimum atomic E-state index is -0.215. The molecule has 2 rings (SSSR count). The summed E-state index contributed by atoms with van der Waals surface area (Å²) in [6.45, 7) is 0.608. The molecule has 1 saturated carbocycles. The molecule has 0 bridgehead atoms. The van der Waals surface area contributed by atoms with E-state index in [0.717, 1.165) is 0 Å². The first-order chi connectivity index (χ1) is 6.25. The van der Waals surface area contributed by atoms with Gasteiger partial charge in [0.05, 0.1) is 0 Å². The molecule has 1 aromatic rings. The van der Waals surface area contributed by atoms with Gasteiger partial charge in [-0.15, -0.1) is 0 Å². The zero-order valence-electron chi connectivity index (χ0n) is 7.39. The maximum atomic E-state index is 13.2. The predicted molar refractivity (Wildman–Crippen MR) is 50.7 cm³/mol. The summed E-state index contributed by atoms with van der Waals surface area (Å²) < 4.78 is 13.2. The van der Waals surface area contributed by atoms with Crippen LogP contribution >= 0.6 is 0 Å². The zero-order valence-corrected chi connectivity index (χ0v) is 7.39. The molecule has 3 N–H and O–H groups in total. The molecule has 0 atom stereocenters. The quantitative estimate of drug-likeness (QED) is 0.694. The smallest absolute Gasteiger partial charge is 0.129 e. The third-order valence-corrected chi connectivity index (χ3v) is 2.24. The van der Waals surface area contributed by atoms with Crippen LogP contribution in [0.15, 0.2) is 18.2 Å². The van der Waals surface area contributed by atoms with E-state index in [1.165, 1.54) is 18.9 Å². The number of nitrogen functional groups attached to an aromatic ring is 1. The van der Waals surface area contributed by atoms with E-state index in [2.05, 4.69) is 5.32 Å². The van der Waals surface area contributed by atoms with E-state index < -0.39 is 0 Å². The van der Waals surface area contributed by atoms with Crippen LogP contribution in [0.25, 0.3) is 0 Å². The van der Waals surface area contributed by atoms with Gasteiger partial charge in [-0.05, 0) is 25.0 Å². The largest absolute Gasteiger partial charge is 0.399 e. The second kappa shape index (κ2) is 3.34. The molecule has 1 aliphatic rings. The molecule has 0 amide bonds. The maximum Gasteiger partial charge on any atom is 0.129 e. The van der Waals surface area contributed by atoms with Gasteiger partial charge in [0.25, 0.3) is 0 Å². The van der Waals surface area contributed by atoms with Gasteiger partial charge in [0, 0.05) is 23.8 Å². The molecule has 0 heterocycles. The molecule has 1 aromatic carbocycles. The fourth-order valence-corrected chi connectivity index (χ4v) is 1.25. The molecule has 0 spiro atoms. The summed E-state index contributed by atoms with van der Waals surface area (Å²) in [4.78, 5) is 0. The highest BCUT2D eigenvalue weighted by Crippen LogP contribution is 2.20. The van der Waals surface area contributed by atoms with E-state index in [4.69, 9.17) is 5.73 Å². The maximum absolute atomic E-state index is 13.2. The average molecular weight is 180 g/mol. The van der Waals surface area contributed by atoms with Crippen LogP contribution < -0.4 is 11.1 Å². The van der Waals surface area contributed by atoms with Crippen LogP contribution in [0.1, 0.15) is 18.4 Å². The van der Waals surface area contributed by atoms with Crippen molar-refractivity contribution in [3.63, 3.8) is 0 Å². The van der Waals surface area contributed by atoms with Gasteiger partial charge in [-0.3, -0.25) is 0 Å². The molecule has 0 saturated heterocycles. The first kappa shape index (κ1) is 8.51. The second-order valence-corrected chi connectivity index (χ2v) is 3.51. The summed E-state index contributed by atoms with van der Waals surface area (Å²) in [5, 5.41) is 3.25. The number of halogens is 1. The van der Waals surface area contributed by atoms with Crippen LogP contribution in [0.5, 0.6) is 0 Å². The van der Waals surface area contributed by atoms with Crippen molar-refractivity contribution >= 4 is 5.69 Å². The van der Waals surface area contributed by atoms with Gasteiger partial charge in [-0.1, -0.05) is 6.07 Å². The van der Waals surface area contributed by atoms with Crippen molar-refractivity contribution in [2.24, 2.45) is 0 Å². The van der Waals surface area contributed by atoms with Crippen LogP contribution in [0.4, 0.5) is 10.1 Å². The molecule has 1 fully saturated rings. The van der Waals surface area contributed by atoms with E-state index in [0.29, 0.717) is 23.8 Å². The van der Waals surface area contributed by atoms with Crippen LogP contribution in [0.2, 0.25) is 0 Å². The molecular weight excluding hydrogens is 167 g/mol. The summed E-state index contributed by atoms with van der Waals surface area (Å²) in [5.41, 5.74) is 6.61. The molecule has 1 aliphatic carbocycles. The number of benzene rings is 1. The van der Waals surface area contributed by atoms with Crippen LogP contribution in [-0.4, -0.2) is 6.04 Å². The summed E-state index contributed by atoms with van der Waals surface area (Å²) >= 11 is 0. The van der Waals surface area contributed by atoms with E-state index in [-0.39, 0.29) is 5.82 Å². The highest BCUT2D eigenvalue weighted by Gasteiger charge is 2.20. The summed E-state index contributed by atoms with van der Waals surface area (Å²) in [6, 6.07) is 5.44. The van der Waals surface area contributed by atoms with Crippen molar-refractivity contribution in [3.8, 4) is 0 Å². The topological polar surface area (TPSA) is 38.0 Å². The molecule has 3 heteroatoms. The van der Waals surface area contributed by atoms with Crippen molar-refractivity contribution in [3.05, 3.63) is 29.6 Å². The lowest BCUT2D eigenvalue weighted by Gasteiger charge is -2.04. The molecule has 13 heavy (non-hydrogen) atoms. The molecule has 0 aromatic heterocycles. The Morgan fingerprint density at radius 2 is 2.23 bits per heavy atom. The lowest BCUT2D eigenvalue weighted by molar-refractivity contribution is 0.587. The van der Waals surface area contributed by atoms with Gasteiger partial charge < -0.3 is 11.1 Å². The van der Waals surface area contributed by atoms with Crippen LogP contribution in [0.3, 0.4) is 0 Å². The molecule has 2 nitrogen and oxygen atoms in total. The summed E-state index contributed by atoms with van der Waals surface area (Å²) in [5.74, 6) is -0.215. The lowest BCUT2D eigenvalue weighted by atomic mass is 10.2. The minimum absolute atomic E-state index is 0.215. The number of rotatable bonds is 3. The number of hydrogen-bond acceptors (Lipinski definition) is 2. The standard InChI is InChI=1S/C10H13FN2/c11-10-5-8(12)2-1-7(10)6-13-9-3-4-9/h1-2,5,9,13H,3-4,6,12H2. The zero-order chi connectivity index (χ0) is 9.26. The van der Waals surface area contributed by atoms with Crippen molar-refractivity contribution in [2.45, 2.75) is 25.4 Å². The van der Waals surface area contributed by atoms with Crippen molar-refractivity contribution < 1.29 is 4.39 Å². The Bertz CT molecular complexity index is 308. The van der Waals surface area contributed by atoms with Gasteiger partial charge in [0.2, 0.25) is 0 Å². The Morgan fingerprint density at radius 3 is 2.85 bits per heavy atom. The molecule has 0 unspecified atom stereocenters. The number of nitrogens with one attached hydrogen (secondary N) is 1. The first-order valence-corrected chi connectivity index (χ1v) is 4.53. The predicted octanol–water partition coefficient (Wildman–Crippen LogP) is 1.66. The Kier molecular flexibility index (Phi) is 2.19. The van der Waals surface area contributed by atoms with Gasteiger partial charge in [0.15, 0.2) is 0 Å². The van der Waals surface area contributed by atoms with E-state index >= 15 is 0 Å². The van der Waals surface area contributed by atoms with Crippen LogP contribution in [-0.2, 0) is 6.54 Å². The Balaban J connectivity index is 2.01. The lowest BCUT2D eigenvalue weighted by Crippen LogP contribution is -2.16. The van der Waals surface area contributed by atoms with E-state index in [9.17, 15) is 4.39 Å². The minimum Gasteiger partial charge on any atom is -0.399 e. The van der Waals surface area contributed by atoms with Gasteiger partial charge >= 0.3 is 0 Å². The second-order valence-electron chi connectivity index (χ2n) is 3.51. The van der Waals surface area contributed by atoms with Gasteiger partial charge in [-0.25, -0.2) is 4.39 Å². The van der Waals surface area contributed by atoms with Crippen molar-refractivity contribution in [1.82, 2.24) is 5.32 Å². The third-order valence-electron chi connectivity index (χ3n) is 2.24. The van der Waals surface area contributed by atoms with E-state index in [1.54, 1.807) is 12.1 Å². The monoisotopic (exact) mass is 180 g/mol. The highest BCUT2D eigenvalue weighted by molar-refractivity contribution is 5.40. The molecule has 70 valence electrons. The number of nitrogens with two attached hydrogens (primary N) is 1. The average Bonchev–Trinajstić information content (AvgIpc) is 2.86. The van der Waals surface area contributed by atoms with Crippen LogP contribution in [0, 0.1) is 5.82 Å². The number of anilines is 1.